The maximum Gasteiger partial charge on any atom is 0.445 e. The van der Waals surface area contributed by atoms with E-state index < -0.39 is 11.2 Å². The summed E-state index contributed by atoms with van der Waals surface area (Å²) in [4.78, 5) is 11.6. The first-order chi connectivity index (χ1) is 7.97. The summed E-state index contributed by atoms with van der Waals surface area (Å²) in [6.07, 6.45) is -3.84. The van der Waals surface area contributed by atoms with Gasteiger partial charge in [0.15, 0.2) is 0 Å². The molecule has 1 atom stereocenters. The van der Waals surface area contributed by atoms with Gasteiger partial charge in [0.1, 0.15) is 0 Å². The van der Waals surface area contributed by atoms with Gasteiger partial charge in [-0.25, -0.2) is 0 Å². The highest BCUT2D eigenvalue weighted by Gasteiger charge is 2.36. The average molecular weight is 303 g/mol. The van der Waals surface area contributed by atoms with Gasteiger partial charge in [-0.05, 0) is 13.0 Å². The number of nitrogens with one attached hydrogen (secondary N) is 2. The highest BCUT2D eigenvalue weighted by Crippen LogP contribution is 2.33. The van der Waals surface area contributed by atoms with E-state index in [1.165, 1.54) is 0 Å². The van der Waals surface area contributed by atoms with Gasteiger partial charge in [0, 0.05) is 6.54 Å². The lowest BCUT2D eigenvalue weighted by Crippen LogP contribution is -2.24. The molecule has 0 radical (unpaired) electrons. The Balaban J connectivity index is 0.00000162. The molecule has 1 fully saturated rings. The van der Waals surface area contributed by atoms with Crippen molar-refractivity contribution in [3.05, 3.63) is 5.01 Å². The molecule has 102 valence electrons. The Morgan fingerprint density at radius 1 is 1.44 bits per heavy atom. The van der Waals surface area contributed by atoms with Crippen molar-refractivity contribution in [2.45, 2.75) is 12.6 Å². The summed E-state index contributed by atoms with van der Waals surface area (Å²) in [5.41, 5.74) is 0. The van der Waals surface area contributed by atoms with E-state index >= 15 is 0 Å². The Labute approximate surface area is 111 Å². The summed E-state index contributed by atoms with van der Waals surface area (Å²) in [5, 5.41) is 10.4. The molecule has 0 aromatic carbocycles. The number of nitrogens with zero attached hydrogens (tertiary/aromatic N) is 2. The molecule has 1 unspecified atom stereocenters. The van der Waals surface area contributed by atoms with Crippen molar-refractivity contribution in [3.8, 4) is 0 Å². The van der Waals surface area contributed by atoms with Crippen LogP contribution in [0.15, 0.2) is 0 Å². The molecule has 2 N–H and O–H groups in total. The molecule has 1 saturated heterocycles. The fourth-order valence-corrected chi connectivity index (χ4v) is 2.09. The number of hydrogen-bond donors (Lipinski definition) is 2. The molecule has 0 saturated carbocycles. The van der Waals surface area contributed by atoms with Crippen molar-refractivity contribution in [3.63, 3.8) is 0 Å². The number of hydrogen-bond acceptors (Lipinski definition) is 5. The first-order valence-corrected chi connectivity index (χ1v) is 5.71. The van der Waals surface area contributed by atoms with Gasteiger partial charge in [-0.1, -0.05) is 11.3 Å². The first kappa shape index (κ1) is 15.1. The van der Waals surface area contributed by atoms with E-state index in [4.69, 9.17) is 0 Å². The minimum Gasteiger partial charge on any atom is -0.316 e. The van der Waals surface area contributed by atoms with Crippen molar-refractivity contribution < 1.29 is 18.0 Å². The number of anilines is 1. The van der Waals surface area contributed by atoms with Crippen LogP contribution in [0.25, 0.3) is 0 Å². The van der Waals surface area contributed by atoms with Crippen LogP contribution >= 0.6 is 23.7 Å². The Hall–Kier alpha value is -0.930. The van der Waals surface area contributed by atoms with Crippen molar-refractivity contribution >= 4 is 34.8 Å². The van der Waals surface area contributed by atoms with Gasteiger partial charge in [-0.3, -0.25) is 4.79 Å². The highest BCUT2D eigenvalue weighted by atomic mass is 35.5. The summed E-state index contributed by atoms with van der Waals surface area (Å²) in [6, 6.07) is 0. The van der Waals surface area contributed by atoms with E-state index in [1.54, 1.807) is 0 Å². The van der Waals surface area contributed by atoms with Crippen LogP contribution in [0.1, 0.15) is 11.4 Å². The molecule has 1 aromatic heterocycles. The molecule has 1 aliphatic heterocycles. The molecule has 10 heteroatoms. The maximum absolute atomic E-state index is 12.2. The Bertz CT molecular complexity index is 419. The number of alkyl halides is 3. The maximum atomic E-state index is 12.2. The molecular weight excluding hydrogens is 293 g/mol. The third kappa shape index (κ3) is 3.53. The number of carbonyl (C=O) groups is 1. The molecule has 1 aromatic rings. The third-order valence-electron chi connectivity index (χ3n) is 2.33. The van der Waals surface area contributed by atoms with Crippen LogP contribution in [0.4, 0.5) is 18.3 Å². The van der Waals surface area contributed by atoms with Crippen LogP contribution < -0.4 is 10.6 Å². The number of amides is 1. The summed E-state index contributed by atoms with van der Waals surface area (Å²) in [7, 11) is 0. The van der Waals surface area contributed by atoms with Gasteiger partial charge >= 0.3 is 6.18 Å². The van der Waals surface area contributed by atoms with E-state index in [0.717, 1.165) is 6.54 Å². The van der Waals surface area contributed by atoms with E-state index in [9.17, 15) is 18.0 Å². The van der Waals surface area contributed by atoms with Gasteiger partial charge in [0.25, 0.3) is 0 Å². The first-order valence-electron chi connectivity index (χ1n) is 4.89. The second kappa shape index (κ2) is 5.81. The molecule has 2 rings (SSSR count). The summed E-state index contributed by atoms with van der Waals surface area (Å²) in [6.45, 7) is 1.28. The third-order valence-corrected chi connectivity index (χ3v) is 3.21. The summed E-state index contributed by atoms with van der Waals surface area (Å²) >= 11 is 0.327. The van der Waals surface area contributed by atoms with Gasteiger partial charge in [-0.15, -0.1) is 22.6 Å². The van der Waals surface area contributed by atoms with Gasteiger partial charge in [0.05, 0.1) is 5.92 Å². The Morgan fingerprint density at radius 3 is 2.67 bits per heavy atom. The second-order valence-corrected chi connectivity index (χ2v) is 4.57. The largest absolute Gasteiger partial charge is 0.445 e. The molecular formula is C8H10ClF3N4OS. The minimum atomic E-state index is -4.52. The van der Waals surface area contributed by atoms with Crippen molar-refractivity contribution in [2.75, 3.05) is 18.4 Å². The zero-order chi connectivity index (χ0) is 12.5. The van der Waals surface area contributed by atoms with Gasteiger partial charge in [-0.2, -0.15) is 13.2 Å². The Morgan fingerprint density at radius 2 is 2.17 bits per heavy atom. The zero-order valence-electron chi connectivity index (χ0n) is 8.95. The van der Waals surface area contributed by atoms with Gasteiger partial charge < -0.3 is 10.6 Å². The normalized spacial score (nSPS) is 19.4. The van der Waals surface area contributed by atoms with E-state index in [0.29, 0.717) is 24.3 Å². The zero-order valence-corrected chi connectivity index (χ0v) is 10.6. The fraction of sp³-hybridized carbons (Fsp3) is 0.625. The van der Waals surface area contributed by atoms with E-state index in [2.05, 4.69) is 20.8 Å². The van der Waals surface area contributed by atoms with Crippen molar-refractivity contribution in [1.82, 2.24) is 15.5 Å². The molecule has 5 nitrogen and oxygen atoms in total. The van der Waals surface area contributed by atoms with Gasteiger partial charge in [0.2, 0.25) is 16.0 Å². The standard InChI is InChI=1S/C8H9F3N4OS.ClH/c9-8(10,11)6-14-15-7(17-6)13-5(16)4-1-2-12-3-4;/h4,12H,1-3H2,(H,13,15,16);1H. The van der Waals surface area contributed by atoms with E-state index in [1.807, 2.05) is 0 Å². The number of carbonyl (C=O) groups excluding carboxylic acids is 1. The summed E-state index contributed by atoms with van der Waals surface area (Å²) < 4.78 is 36.7. The number of rotatable bonds is 2. The number of aromatic nitrogens is 2. The second-order valence-electron chi connectivity index (χ2n) is 3.59. The van der Waals surface area contributed by atoms with Crippen LogP contribution in [-0.4, -0.2) is 29.2 Å². The lowest BCUT2D eigenvalue weighted by Gasteiger charge is -2.06. The topological polar surface area (TPSA) is 66.9 Å². The molecule has 1 aliphatic rings. The fourth-order valence-electron chi connectivity index (χ4n) is 1.47. The molecule has 0 aliphatic carbocycles. The molecule has 0 spiro atoms. The predicted molar refractivity (Wildman–Crippen MR) is 61.8 cm³/mol. The SMILES string of the molecule is Cl.O=C(Nc1nnc(C(F)(F)F)s1)C1CCNC1. The molecule has 1 amide bonds. The lowest BCUT2D eigenvalue weighted by atomic mass is 10.1. The highest BCUT2D eigenvalue weighted by molar-refractivity contribution is 7.15. The van der Waals surface area contributed by atoms with E-state index in [-0.39, 0.29) is 29.4 Å². The average Bonchev–Trinajstić information content (AvgIpc) is 2.85. The van der Waals surface area contributed by atoms with Crippen LogP contribution in [0, 0.1) is 5.92 Å². The number of halogens is 4. The monoisotopic (exact) mass is 302 g/mol. The Kier molecular flexibility index (Phi) is 4.88. The smallest absolute Gasteiger partial charge is 0.316 e. The predicted octanol–water partition coefficient (Wildman–Crippen LogP) is 1.53. The summed E-state index contributed by atoms with van der Waals surface area (Å²) in [5.74, 6) is -0.534. The molecule has 18 heavy (non-hydrogen) atoms. The lowest BCUT2D eigenvalue weighted by molar-refractivity contribution is -0.138. The molecule has 2 heterocycles. The van der Waals surface area contributed by atoms with Crippen LogP contribution in [0.2, 0.25) is 0 Å². The minimum absolute atomic E-state index is 0. The molecule has 0 bridgehead atoms. The quantitative estimate of drug-likeness (QED) is 0.869. The van der Waals surface area contributed by atoms with Crippen molar-refractivity contribution in [1.29, 1.82) is 0 Å². The van der Waals surface area contributed by atoms with Crippen LogP contribution in [-0.2, 0) is 11.0 Å². The van der Waals surface area contributed by atoms with Crippen LogP contribution in [0.3, 0.4) is 0 Å². The van der Waals surface area contributed by atoms with Crippen molar-refractivity contribution in [2.24, 2.45) is 5.92 Å². The van der Waals surface area contributed by atoms with Crippen LogP contribution in [0.5, 0.6) is 0 Å².